The zero-order chi connectivity index (χ0) is 13.8. The van der Waals surface area contributed by atoms with Crippen molar-refractivity contribution in [3.63, 3.8) is 0 Å². The van der Waals surface area contributed by atoms with E-state index in [2.05, 4.69) is 0 Å². The predicted octanol–water partition coefficient (Wildman–Crippen LogP) is 3.24. The number of carboxylic acids is 1. The first-order chi connectivity index (χ1) is 9.08. The topological polar surface area (TPSA) is 46.5 Å². The van der Waals surface area contributed by atoms with Crippen molar-refractivity contribution in [1.82, 2.24) is 0 Å². The quantitative estimate of drug-likeness (QED) is 0.922. The molecule has 0 spiro atoms. The Balaban J connectivity index is 2.15. The van der Waals surface area contributed by atoms with E-state index in [9.17, 15) is 13.6 Å². The number of hydrogen-bond acceptors (Lipinski definition) is 2. The summed E-state index contributed by atoms with van der Waals surface area (Å²) in [5.74, 6) is -2.26. The molecule has 19 heavy (non-hydrogen) atoms. The van der Waals surface area contributed by atoms with Gasteiger partial charge in [-0.2, -0.15) is 0 Å². The number of carbonyl (C=O) groups is 1. The van der Waals surface area contributed by atoms with Crippen molar-refractivity contribution in [3.8, 4) is 5.75 Å². The number of rotatable bonds is 4. The molecule has 0 aliphatic carbocycles. The molecule has 98 valence electrons. The smallest absolute Gasteiger partial charge is 0.335 e. The van der Waals surface area contributed by atoms with Gasteiger partial charge in [-0.05, 0) is 30.3 Å². The molecule has 0 saturated carbocycles. The molecule has 2 aromatic rings. The molecule has 0 atom stereocenters. The van der Waals surface area contributed by atoms with Crippen molar-refractivity contribution in [2.45, 2.75) is 6.61 Å². The van der Waals surface area contributed by atoms with Crippen molar-refractivity contribution in [3.05, 3.63) is 65.2 Å². The number of hydrogen-bond donors (Lipinski definition) is 1. The Bertz CT molecular complexity index is 591. The minimum absolute atomic E-state index is 0.0477. The summed E-state index contributed by atoms with van der Waals surface area (Å²) in [4.78, 5) is 10.8. The molecule has 0 radical (unpaired) electrons. The van der Waals surface area contributed by atoms with E-state index < -0.39 is 17.6 Å². The number of aromatic carboxylic acids is 1. The lowest BCUT2D eigenvalue weighted by Gasteiger charge is -2.08. The highest BCUT2D eigenvalue weighted by atomic mass is 19.1. The summed E-state index contributed by atoms with van der Waals surface area (Å²) < 4.78 is 31.9. The van der Waals surface area contributed by atoms with Crippen LogP contribution < -0.4 is 4.74 Å². The van der Waals surface area contributed by atoms with Gasteiger partial charge >= 0.3 is 5.97 Å². The first-order valence-corrected chi connectivity index (χ1v) is 5.47. The maximum Gasteiger partial charge on any atom is 0.335 e. The van der Waals surface area contributed by atoms with Crippen molar-refractivity contribution in [1.29, 1.82) is 0 Å². The van der Waals surface area contributed by atoms with Gasteiger partial charge in [-0.15, -0.1) is 0 Å². The molecule has 0 aliphatic heterocycles. The van der Waals surface area contributed by atoms with Gasteiger partial charge in [0.1, 0.15) is 24.0 Å². The van der Waals surface area contributed by atoms with Crippen LogP contribution in [0.25, 0.3) is 0 Å². The number of ether oxygens (including phenoxy) is 1. The summed E-state index contributed by atoms with van der Waals surface area (Å²) in [5.41, 5.74) is -0.144. The van der Waals surface area contributed by atoms with E-state index in [1.807, 2.05) is 0 Å². The fourth-order valence-electron chi connectivity index (χ4n) is 1.54. The molecule has 0 unspecified atom stereocenters. The molecule has 0 bridgehead atoms. The molecule has 0 amide bonds. The van der Waals surface area contributed by atoms with Crippen molar-refractivity contribution >= 4 is 5.97 Å². The summed E-state index contributed by atoms with van der Waals surface area (Å²) >= 11 is 0. The van der Waals surface area contributed by atoms with Crippen LogP contribution in [0, 0.1) is 11.6 Å². The van der Waals surface area contributed by atoms with Gasteiger partial charge in [0.15, 0.2) is 0 Å². The first-order valence-electron chi connectivity index (χ1n) is 5.47. The molecule has 2 aromatic carbocycles. The van der Waals surface area contributed by atoms with Gasteiger partial charge < -0.3 is 9.84 Å². The Kier molecular flexibility index (Phi) is 3.75. The Morgan fingerprint density at radius 1 is 1.11 bits per heavy atom. The average Bonchev–Trinajstić information content (AvgIpc) is 2.38. The second-order valence-corrected chi connectivity index (χ2v) is 3.82. The Hall–Kier alpha value is -2.43. The van der Waals surface area contributed by atoms with Gasteiger partial charge in [0.2, 0.25) is 0 Å². The molecule has 5 heteroatoms. The van der Waals surface area contributed by atoms with Crippen LogP contribution in [0.2, 0.25) is 0 Å². The van der Waals surface area contributed by atoms with Crippen LogP contribution in [0.4, 0.5) is 8.78 Å². The molecule has 3 nitrogen and oxygen atoms in total. The van der Waals surface area contributed by atoms with Crippen LogP contribution >= 0.6 is 0 Å². The maximum atomic E-state index is 13.3. The highest BCUT2D eigenvalue weighted by Crippen LogP contribution is 2.18. The Labute approximate surface area is 108 Å². The molecule has 0 heterocycles. The summed E-state index contributed by atoms with van der Waals surface area (Å²) in [6, 6.07) is 9.24. The summed E-state index contributed by atoms with van der Waals surface area (Å²) in [6.07, 6.45) is 0. The summed E-state index contributed by atoms with van der Waals surface area (Å²) in [6.45, 7) is -0.304. The molecule has 2 rings (SSSR count). The van der Waals surface area contributed by atoms with E-state index in [1.54, 1.807) is 0 Å². The van der Waals surface area contributed by atoms with E-state index in [0.717, 1.165) is 12.1 Å². The van der Waals surface area contributed by atoms with E-state index in [0.29, 0.717) is 0 Å². The standard InChI is InChI=1S/C14H10F2O3/c15-12-5-2-6-13(16)11(12)8-19-10-4-1-3-9(7-10)14(17)18/h1-7H,8H2,(H,17,18). The second kappa shape index (κ2) is 5.48. The number of halogens is 2. The average molecular weight is 264 g/mol. The largest absolute Gasteiger partial charge is 0.489 e. The van der Waals surface area contributed by atoms with E-state index in [4.69, 9.17) is 9.84 Å². The number of carboxylic acid groups (broad SMARTS) is 1. The van der Waals surface area contributed by atoms with E-state index >= 15 is 0 Å². The molecule has 0 saturated heterocycles. The van der Waals surface area contributed by atoms with Crippen molar-refractivity contribution in [2.75, 3.05) is 0 Å². The fraction of sp³-hybridized carbons (Fsp3) is 0.0714. The molecule has 0 aromatic heterocycles. The Morgan fingerprint density at radius 2 is 1.74 bits per heavy atom. The highest BCUT2D eigenvalue weighted by Gasteiger charge is 2.10. The summed E-state index contributed by atoms with van der Waals surface area (Å²) in [7, 11) is 0. The molecule has 0 aliphatic rings. The predicted molar refractivity (Wildman–Crippen MR) is 64.1 cm³/mol. The maximum absolute atomic E-state index is 13.3. The monoisotopic (exact) mass is 264 g/mol. The van der Waals surface area contributed by atoms with Gasteiger partial charge in [0, 0.05) is 0 Å². The SMILES string of the molecule is O=C(O)c1cccc(OCc2c(F)cccc2F)c1. The minimum atomic E-state index is -1.09. The van der Waals surface area contributed by atoms with E-state index in [-0.39, 0.29) is 23.5 Å². The lowest BCUT2D eigenvalue weighted by Crippen LogP contribution is -2.03. The van der Waals surface area contributed by atoms with E-state index in [1.165, 1.54) is 30.3 Å². The van der Waals surface area contributed by atoms with Crippen LogP contribution in [-0.2, 0) is 6.61 Å². The second-order valence-electron chi connectivity index (χ2n) is 3.82. The van der Waals surface area contributed by atoms with Crippen LogP contribution in [0.3, 0.4) is 0 Å². The zero-order valence-electron chi connectivity index (χ0n) is 9.77. The third-order valence-electron chi connectivity index (χ3n) is 2.53. The lowest BCUT2D eigenvalue weighted by molar-refractivity contribution is 0.0696. The van der Waals surface area contributed by atoms with Gasteiger partial charge in [-0.3, -0.25) is 0 Å². The van der Waals surface area contributed by atoms with Crippen molar-refractivity contribution < 1.29 is 23.4 Å². The van der Waals surface area contributed by atoms with Gasteiger partial charge in [-0.1, -0.05) is 12.1 Å². The van der Waals surface area contributed by atoms with Crippen LogP contribution in [-0.4, -0.2) is 11.1 Å². The molecular weight excluding hydrogens is 254 g/mol. The first kappa shape index (κ1) is 13.0. The zero-order valence-corrected chi connectivity index (χ0v) is 9.77. The molecule has 0 fully saturated rings. The summed E-state index contributed by atoms with van der Waals surface area (Å²) in [5, 5.41) is 8.81. The third kappa shape index (κ3) is 3.07. The van der Waals surface area contributed by atoms with Crippen LogP contribution in [0.5, 0.6) is 5.75 Å². The fourth-order valence-corrected chi connectivity index (χ4v) is 1.54. The van der Waals surface area contributed by atoms with Gasteiger partial charge in [0.25, 0.3) is 0 Å². The van der Waals surface area contributed by atoms with Gasteiger partial charge in [0.05, 0.1) is 11.1 Å². The van der Waals surface area contributed by atoms with Crippen molar-refractivity contribution in [2.24, 2.45) is 0 Å². The Morgan fingerprint density at radius 3 is 2.37 bits per heavy atom. The number of benzene rings is 2. The van der Waals surface area contributed by atoms with Crippen LogP contribution in [0.1, 0.15) is 15.9 Å². The highest BCUT2D eigenvalue weighted by molar-refractivity contribution is 5.87. The van der Waals surface area contributed by atoms with Crippen LogP contribution in [0.15, 0.2) is 42.5 Å². The minimum Gasteiger partial charge on any atom is -0.489 e. The lowest BCUT2D eigenvalue weighted by atomic mass is 10.2. The molecular formula is C14H10F2O3. The normalized spacial score (nSPS) is 10.2. The third-order valence-corrected chi connectivity index (χ3v) is 2.53. The molecule has 1 N–H and O–H groups in total. The van der Waals surface area contributed by atoms with Gasteiger partial charge in [-0.25, -0.2) is 13.6 Å².